The van der Waals surface area contributed by atoms with Crippen molar-refractivity contribution in [3.8, 4) is 0 Å². The standard InChI is InChI=1S/C6H7N.C4H12O2Si/c7-6-4-2-1-3-5-6;1-4-7(5-2)6-3/h1-5H,7H2;7H,4H2,1-3H3. The summed E-state index contributed by atoms with van der Waals surface area (Å²) in [5.41, 5.74) is 6.18. The zero-order valence-corrected chi connectivity index (χ0v) is 10.2. The first-order valence-corrected chi connectivity index (χ1v) is 6.36. The zero-order valence-electron chi connectivity index (χ0n) is 9.07. The van der Waals surface area contributed by atoms with Gasteiger partial charge in [0, 0.05) is 19.9 Å². The summed E-state index contributed by atoms with van der Waals surface area (Å²) in [6.45, 7) is 2.07. The molecule has 80 valence electrons. The smallest absolute Gasteiger partial charge is 0.320 e. The highest BCUT2D eigenvalue weighted by Crippen LogP contribution is 1.95. The SMILES string of the molecule is CC[SiH](OC)OC.Nc1ccccc1. The normalized spacial score (nSPS) is 9.43. The summed E-state index contributed by atoms with van der Waals surface area (Å²) in [6, 6.07) is 10.5. The zero-order chi connectivity index (χ0) is 10.8. The van der Waals surface area contributed by atoms with Crippen molar-refractivity contribution in [1.29, 1.82) is 0 Å². The summed E-state index contributed by atoms with van der Waals surface area (Å²) in [7, 11) is 2.23. The van der Waals surface area contributed by atoms with Crippen molar-refractivity contribution in [2.75, 3.05) is 20.0 Å². The van der Waals surface area contributed by atoms with Gasteiger partial charge in [0.25, 0.3) is 0 Å². The summed E-state index contributed by atoms with van der Waals surface area (Å²) < 4.78 is 9.93. The van der Waals surface area contributed by atoms with Gasteiger partial charge in [-0.25, -0.2) is 0 Å². The number of anilines is 1. The Morgan fingerprint density at radius 2 is 1.64 bits per heavy atom. The van der Waals surface area contributed by atoms with Gasteiger partial charge in [-0.3, -0.25) is 0 Å². The number of rotatable bonds is 3. The summed E-state index contributed by atoms with van der Waals surface area (Å²) >= 11 is 0. The third-order valence-electron chi connectivity index (χ3n) is 1.66. The number of benzene rings is 1. The number of para-hydroxylation sites is 1. The molecule has 0 aromatic heterocycles. The van der Waals surface area contributed by atoms with E-state index in [4.69, 9.17) is 14.6 Å². The highest BCUT2D eigenvalue weighted by atomic mass is 28.3. The van der Waals surface area contributed by atoms with Crippen molar-refractivity contribution in [1.82, 2.24) is 0 Å². The first-order valence-electron chi connectivity index (χ1n) is 4.60. The van der Waals surface area contributed by atoms with Gasteiger partial charge in [0.15, 0.2) is 0 Å². The average molecular weight is 213 g/mol. The monoisotopic (exact) mass is 213 g/mol. The maximum atomic E-state index is 5.36. The highest BCUT2D eigenvalue weighted by Gasteiger charge is 2.02. The second kappa shape index (κ2) is 8.74. The number of hydrogen-bond acceptors (Lipinski definition) is 3. The molecule has 1 rings (SSSR count). The van der Waals surface area contributed by atoms with E-state index in [0.29, 0.717) is 0 Å². The van der Waals surface area contributed by atoms with Crippen LogP contribution in [0.3, 0.4) is 0 Å². The molecule has 0 bridgehead atoms. The first-order chi connectivity index (χ1) is 6.74. The van der Waals surface area contributed by atoms with Crippen LogP contribution in [0.2, 0.25) is 6.04 Å². The van der Waals surface area contributed by atoms with Crippen LogP contribution in [0.15, 0.2) is 30.3 Å². The van der Waals surface area contributed by atoms with E-state index in [9.17, 15) is 0 Å². The Hall–Kier alpha value is -0.843. The number of hydrogen-bond donors (Lipinski definition) is 1. The largest absolute Gasteiger partial charge is 0.400 e. The van der Waals surface area contributed by atoms with Gasteiger partial charge in [-0.05, 0) is 18.2 Å². The molecule has 0 saturated heterocycles. The molecule has 0 saturated carbocycles. The van der Waals surface area contributed by atoms with E-state index in [2.05, 4.69) is 6.92 Å². The summed E-state index contributed by atoms with van der Waals surface area (Å²) in [4.78, 5) is 0. The van der Waals surface area contributed by atoms with Crippen molar-refractivity contribution < 1.29 is 8.85 Å². The molecule has 0 heterocycles. The van der Waals surface area contributed by atoms with Gasteiger partial charge >= 0.3 is 9.28 Å². The molecule has 0 fully saturated rings. The quantitative estimate of drug-likeness (QED) is 0.615. The lowest BCUT2D eigenvalue weighted by atomic mass is 10.3. The molecule has 0 unspecified atom stereocenters. The lowest BCUT2D eigenvalue weighted by molar-refractivity contribution is 0.279. The van der Waals surface area contributed by atoms with E-state index in [1.165, 1.54) is 0 Å². The van der Waals surface area contributed by atoms with Crippen LogP contribution in [0, 0.1) is 0 Å². The minimum Gasteiger partial charge on any atom is -0.400 e. The third-order valence-corrected chi connectivity index (χ3v) is 3.38. The Labute approximate surface area is 87.7 Å². The molecule has 4 heteroatoms. The first kappa shape index (κ1) is 13.2. The molecule has 3 nitrogen and oxygen atoms in total. The average Bonchev–Trinajstić information content (AvgIpc) is 2.22. The fourth-order valence-corrected chi connectivity index (χ4v) is 1.74. The Balaban J connectivity index is 0.000000241. The fourth-order valence-electron chi connectivity index (χ4n) is 0.883. The van der Waals surface area contributed by atoms with Crippen molar-refractivity contribution in [3.63, 3.8) is 0 Å². The predicted octanol–water partition coefficient (Wildman–Crippen LogP) is 1.79. The number of nitrogens with two attached hydrogens (primary N) is 1. The van der Waals surface area contributed by atoms with Crippen molar-refractivity contribution in [2.45, 2.75) is 13.0 Å². The van der Waals surface area contributed by atoms with Crippen molar-refractivity contribution in [2.24, 2.45) is 0 Å². The Bertz CT molecular complexity index is 209. The summed E-state index contributed by atoms with van der Waals surface area (Å²) in [6.07, 6.45) is 0. The maximum Gasteiger partial charge on any atom is 0.320 e. The van der Waals surface area contributed by atoms with E-state index in [0.717, 1.165) is 11.7 Å². The van der Waals surface area contributed by atoms with Crippen LogP contribution in [0.4, 0.5) is 5.69 Å². The van der Waals surface area contributed by atoms with E-state index in [1.54, 1.807) is 14.2 Å². The van der Waals surface area contributed by atoms with Gasteiger partial charge in [0.1, 0.15) is 0 Å². The van der Waals surface area contributed by atoms with Crippen LogP contribution in [0.1, 0.15) is 6.92 Å². The molecule has 2 N–H and O–H groups in total. The minimum absolute atomic E-state index is 0.822. The fraction of sp³-hybridized carbons (Fsp3) is 0.400. The Kier molecular flexibility index (Phi) is 8.22. The molecule has 0 aliphatic carbocycles. The van der Waals surface area contributed by atoms with Crippen LogP contribution in [0.25, 0.3) is 0 Å². The molecule has 0 aliphatic rings. The lowest BCUT2D eigenvalue weighted by Crippen LogP contribution is -2.16. The van der Waals surface area contributed by atoms with Gasteiger partial charge in [-0.2, -0.15) is 0 Å². The van der Waals surface area contributed by atoms with E-state index < -0.39 is 9.28 Å². The molecular weight excluding hydrogens is 194 g/mol. The third kappa shape index (κ3) is 6.65. The number of nitrogen functional groups attached to an aromatic ring is 1. The summed E-state index contributed by atoms with van der Waals surface area (Å²) in [5, 5.41) is 0. The molecule has 0 amide bonds. The molecule has 14 heavy (non-hydrogen) atoms. The van der Waals surface area contributed by atoms with Gasteiger partial charge in [0.2, 0.25) is 0 Å². The van der Waals surface area contributed by atoms with Gasteiger partial charge in [-0.15, -0.1) is 0 Å². The van der Waals surface area contributed by atoms with Gasteiger partial charge < -0.3 is 14.6 Å². The Morgan fingerprint density at radius 3 is 1.79 bits per heavy atom. The van der Waals surface area contributed by atoms with Crippen LogP contribution < -0.4 is 5.73 Å². The molecule has 0 radical (unpaired) electrons. The second-order valence-corrected chi connectivity index (χ2v) is 5.34. The van der Waals surface area contributed by atoms with Gasteiger partial charge in [-0.1, -0.05) is 25.1 Å². The van der Waals surface area contributed by atoms with Crippen molar-refractivity contribution >= 4 is 15.0 Å². The van der Waals surface area contributed by atoms with Gasteiger partial charge in [0.05, 0.1) is 0 Å². The molecular formula is C10H19NO2Si. The van der Waals surface area contributed by atoms with Crippen LogP contribution >= 0.6 is 0 Å². The Morgan fingerprint density at radius 1 is 1.14 bits per heavy atom. The molecule has 1 aromatic rings. The van der Waals surface area contributed by atoms with E-state index in [1.807, 2.05) is 30.3 Å². The van der Waals surface area contributed by atoms with Crippen LogP contribution in [-0.4, -0.2) is 23.5 Å². The summed E-state index contributed by atoms with van der Waals surface area (Å²) in [5.74, 6) is 0. The molecule has 1 aromatic carbocycles. The van der Waals surface area contributed by atoms with E-state index >= 15 is 0 Å². The molecule has 0 atom stereocenters. The van der Waals surface area contributed by atoms with E-state index in [-0.39, 0.29) is 0 Å². The highest BCUT2D eigenvalue weighted by molar-refractivity contribution is 6.44. The predicted molar refractivity (Wildman–Crippen MR) is 62.5 cm³/mol. The molecule has 0 aliphatic heterocycles. The van der Waals surface area contributed by atoms with Crippen molar-refractivity contribution in [3.05, 3.63) is 30.3 Å². The second-order valence-electron chi connectivity index (χ2n) is 2.72. The van der Waals surface area contributed by atoms with Crippen LogP contribution in [-0.2, 0) is 8.85 Å². The van der Waals surface area contributed by atoms with Crippen LogP contribution in [0.5, 0.6) is 0 Å². The molecule has 0 spiro atoms. The maximum absolute atomic E-state index is 5.36. The topological polar surface area (TPSA) is 44.5 Å². The lowest BCUT2D eigenvalue weighted by Gasteiger charge is -2.05. The minimum atomic E-state index is -1.17.